The van der Waals surface area contributed by atoms with E-state index in [2.05, 4.69) is 48.9 Å². The molecule has 0 bridgehead atoms. The second-order valence-electron chi connectivity index (χ2n) is 6.37. The van der Waals surface area contributed by atoms with E-state index in [4.69, 9.17) is 5.11 Å². The standard InChI is InChI=1S/C15H20BrNO2/c1-14(2)13(15(14,3)4)17-8-10-6-5-9(12(18)19)7-11(10)16/h5-7,13,17H,8H2,1-4H3,(H,18,19). The lowest BCUT2D eigenvalue weighted by Gasteiger charge is -2.09. The minimum Gasteiger partial charge on any atom is -0.478 e. The lowest BCUT2D eigenvalue weighted by Crippen LogP contribution is -2.22. The van der Waals surface area contributed by atoms with Gasteiger partial charge in [-0.1, -0.05) is 49.7 Å². The van der Waals surface area contributed by atoms with Crippen LogP contribution in [0.1, 0.15) is 43.6 Å². The summed E-state index contributed by atoms with van der Waals surface area (Å²) in [4.78, 5) is 10.9. The third kappa shape index (κ3) is 2.43. The van der Waals surface area contributed by atoms with Crippen LogP contribution in [0.5, 0.6) is 0 Å². The number of benzene rings is 1. The highest BCUT2D eigenvalue weighted by Gasteiger charge is 2.64. The van der Waals surface area contributed by atoms with Crippen molar-refractivity contribution in [1.29, 1.82) is 0 Å². The summed E-state index contributed by atoms with van der Waals surface area (Å²) in [6.45, 7) is 9.83. The second kappa shape index (κ2) is 4.60. The van der Waals surface area contributed by atoms with E-state index in [1.165, 1.54) is 0 Å². The third-order valence-electron chi connectivity index (χ3n) is 4.82. The molecule has 1 aromatic carbocycles. The number of hydrogen-bond acceptors (Lipinski definition) is 2. The van der Waals surface area contributed by atoms with Crippen LogP contribution in [-0.4, -0.2) is 17.1 Å². The fourth-order valence-corrected chi connectivity index (χ4v) is 3.26. The summed E-state index contributed by atoms with van der Waals surface area (Å²) in [5, 5.41) is 12.5. The number of carboxylic acids is 1. The Bertz CT molecular complexity index is 509. The van der Waals surface area contributed by atoms with Gasteiger partial charge in [-0.3, -0.25) is 0 Å². The van der Waals surface area contributed by atoms with E-state index < -0.39 is 5.97 Å². The van der Waals surface area contributed by atoms with Gasteiger partial charge in [0, 0.05) is 17.1 Å². The Morgan fingerprint density at radius 1 is 1.32 bits per heavy atom. The molecule has 1 aliphatic rings. The SMILES string of the molecule is CC1(C)C(NCc2ccc(C(=O)O)cc2Br)C1(C)C. The molecule has 1 aliphatic carbocycles. The zero-order valence-electron chi connectivity index (χ0n) is 11.7. The molecule has 3 nitrogen and oxygen atoms in total. The highest BCUT2D eigenvalue weighted by Crippen LogP contribution is 2.62. The van der Waals surface area contributed by atoms with Gasteiger partial charge in [0.05, 0.1) is 5.56 Å². The lowest BCUT2D eigenvalue weighted by molar-refractivity contribution is 0.0697. The topological polar surface area (TPSA) is 49.3 Å². The van der Waals surface area contributed by atoms with Crippen LogP contribution < -0.4 is 5.32 Å². The monoisotopic (exact) mass is 325 g/mol. The van der Waals surface area contributed by atoms with Crippen LogP contribution in [0.15, 0.2) is 22.7 Å². The van der Waals surface area contributed by atoms with Crippen molar-refractivity contribution in [2.45, 2.75) is 40.3 Å². The molecule has 0 aromatic heterocycles. The van der Waals surface area contributed by atoms with Crippen LogP contribution in [0.3, 0.4) is 0 Å². The summed E-state index contributed by atoms with van der Waals surface area (Å²) in [5.74, 6) is -0.898. The van der Waals surface area contributed by atoms with E-state index in [-0.39, 0.29) is 0 Å². The maximum Gasteiger partial charge on any atom is 0.335 e. The zero-order valence-corrected chi connectivity index (χ0v) is 13.3. The van der Waals surface area contributed by atoms with Gasteiger partial charge in [0.15, 0.2) is 0 Å². The molecular weight excluding hydrogens is 306 g/mol. The Balaban J connectivity index is 2.04. The summed E-state index contributed by atoms with van der Waals surface area (Å²) in [7, 11) is 0. The van der Waals surface area contributed by atoms with Crippen LogP contribution >= 0.6 is 15.9 Å². The Morgan fingerprint density at radius 3 is 2.32 bits per heavy atom. The molecule has 0 spiro atoms. The fourth-order valence-electron chi connectivity index (χ4n) is 2.74. The second-order valence-corrected chi connectivity index (χ2v) is 7.22. The quantitative estimate of drug-likeness (QED) is 0.887. The van der Waals surface area contributed by atoms with Gasteiger partial charge in [-0.15, -0.1) is 0 Å². The van der Waals surface area contributed by atoms with E-state index in [0.29, 0.717) is 22.4 Å². The molecule has 1 saturated carbocycles. The first kappa shape index (κ1) is 14.5. The van der Waals surface area contributed by atoms with E-state index in [0.717, 1.165) is 16.6 Å². The van der Waals surface area contributed by atoms with Crippen molar-refractivity contribution in [2.75, 3.05) is 0 Å². The van der Waals surface area contributed by atoms with Crippen molar-refractivity contribution in [3.8, 4) is 0 Å². The molecule has 0 amide bonds. The minimum atomic E-state index is -0.898. The lowest BCUT2D eigenvalue weighted by atomic mass is 10.0. The van der Waals surface area contributed by atoms with Gasteiger partial charge < -0.3 is 10.4 Å². The van der Waals surface area contributed by atoms with Gasteiger partial charge >= 0.3 is 5.97 Å². The number of hydrogen-bond donors (Lipinski definition) is 2. The Kier molecular flexibility index (Phi) is 3.52. The molecular formula is C15H20BrNO2. The number of rotatable bonds is 4. The van der Waals surface area contributed by atoms with Gasteiger partial charge in [0.25, 0.3) is 0 Å². The van der Waals surface area contributed by atoms with Crippen molar-refractivity contribution >= 4 is 21.9 Å². The first-order chi connectivity index (χ1) is 8.68. The molecule has 0 atom stereocenters. The predicted molar refractivity (Wildman–Crippen MR) is 79.3 cm³/mol. The maximum absolute atomic E-state index is 10.9. The normalized spacial score (nSPS) is 20.3. The molecule has 2 rings (SSSR count). The van der Waals surface area contributed by atoms with E-state index in [1.807, 2.05) is 6.07 Å². The number of carboxylic acid groups (broad SMARTS) is 1. The Hall–Kier alpha value is -0.870. The van der Waals surface area contributed by atoms with Crippen molar-refractivity contribution in [2.24, 2.45) is 10.8 Å². The highest BCUT2D eigenvalue weighted by atomic mass is 79.9. The van der Waals surface area contributed by atoms with Crippen LogP contribution in [0, 0.1) is 10.8 Å². The van der Waals surface area contributed by atoms with E-state index in [9.17, 15) is 4.79 Å². The summed E-state index contributed by atoms with van der Waals surface area (Å²) < 4.78 is 0.844. The number of halogens is 1. The molecule has 19 heavy (non-hydrogen) atoms. The summed E-state index contributed by atoms with van der Waals surface area (Å²) in [6.07, 6.45) is 0. The predicted octanol–water partition coefficient (Wildman–Crippen LogP) is 3.67. The maximum atomic E-state index is 10.9. The van der Waals surface area contributed by atoms with E-state index >= 15 is 0 Å². The first-order valence-electron chi connectivity index (χ1n) is 6.43. The minimum absolute atomic E-state index is 0.306. The molecule has 2 N–H and O–H groups in total. The zero-order chi connectivity index (χ0) is 14.4. The molecule has 1 fully saturated rings. The smallest absolute Gasteiger partial charge is 0.335 e. The molecule has 0 saturated heterocycles. The van der Waals surface area contributed by atoms with Gasteiger partial charge in [-0.05, 0) is 28.5 Å². The van der Waals surface area contributed by atoms with Crippen molar-refractivity contribution in [3.63, 3.8) is 0 Å². The first-order valence-corrected chi connectivity index (χ1v) is 7.22. The van der Waals surface area contributed by atoms with Crippen LogP contribution in [0.25, 0.3) is 0 Å². The molecule has 4 heteroatoms. The fraction of sp³-hybridized carbons (Fsp3) is 0.533. The summed E-state index contributed by atoms with van der Waals surface area (Å²) in [5.41, 5.74) is 2.01. The Morgan fingerprint density at radius 2 is 1.89 bits per heavy atom. The van der Waals surface area contributed by atoms with Crippen molar-refractivity contribution < 1.29 is 9.90 Å². The largest absolute Gasteiger partial charge is 0.478 e. The number of nitrogens with one attached hydrogen (secondary N) is 1. The van der Waals surface area contributed by atoms with Crippen molar-refractivity contribution in [3.05, 3.63) is 33.8 Å². The average Bonchev–Trinajstić information content (AvgIpc) is 2.68. The third-order valence-corrected chi connectivity index (χ3v) is 5.56. The van der Waals surface area contributed by atoms with Crippen LogP contribution in [0.2, 0.25) is 0 Å². The molecule has 104 valence electrons. The van der Waals surface area contributed by atoms with E-state index in [1.54, 1.807) is 12.1 Å². The molecule has 0 aliphatic heterocycles. The molecule has 1 aromatic rings. The highest BCUT2D eigenvalue weighted by molar-refractivity contribution is 9.10. The van der Waals surface area contributed by atoms with Gasteiger partial charge in [-0.25, -0.2) is 4.79 Å². The molecule has 0 unspecified atom stereocenters. The van der Waals surface area contributed by atoms with Crippen molar-refractivity contribution in [1.82, 2.24) is 5.32 Å². The van der Waals surface area contributed by atoms with Gasteiger partial charge in [-0.2, -0.15) is 0 Å². The number of carbonyl (C=O) groups is 1. The summed E-state index contributed by atoms with van der Waals surface area (Å²) in [6, 6.07) is 5.66. The van der Waals surface area contributed by atoms with Crippen LogP contribution in [0.4, 0.5) is 0 Å². The van der Waals surface area contributed by atoms with Gasteiger partial charge in [0.2, 0.25) is 0 Å². The molecule has 0 heterocycles. The average molecular weight is 326 g/mol. The Labute approximate surface area is 122 Å². The molecule has 0 radical (unpaired) electrons. The van der Waals surface area contributed by atoms with Gasteiger partial charge in [0.1, 0.15) is 0 Å². The van der Waals surface area contributed by atoms with Crippen LogP contribution in [-0.2, 0) is 6.54 Å². The number of aromatic carboxylic acids is 1. The summed E-state index contributed by atoms with van der Waals surface area (Å²) >= 11 is 3.44.